The second kappa shape index (κ2) is 7.19. The summed E-state index contributed by atoms with van der Waals surface area (Å²) in [5.74, 6) is 0. The van der Waals surface area contributed by atoms with E-state index in [1.165, 1.54) is 11.3 Å². The van der Waals surface area contributed by atoms with E-state index in [0.29, 0.717) is 17.5 Å². The molecule has 120 valence electrons. The molecule has 0 unspecified atom stereocenters. The highest BCUT2D eigenvalue weighted by Crippen LogP contribution is 2.23. The highest BCUT2D eigenvalue weighted by atomic mass is 32.2. The van der Waals surface area contributed by atoms with Gasteiger partial charge in [0, 0.05) is 23.5 Å². The molecule has 5 nitrogen and oxygen atoms in total. The first-order valence-electron chi connectivity index (χ1n) is 7.39. The Bertz CT molecular complexity index is 546. The highest BCUT2D eigenvalue weighted by molar-refractivity contribution is 7.89. The van der Waals surface area contributed by atoms with Crippen molar-refractivity contribution in [1.82, 2.24) is 14.9 Å². The maximum absolute atomic E-state index is 12.6. The predicted molar refractivity (Wildman–Crippen MR) is 87.1 cm³/mol. The molecule has 2 heterocycles. The van der Waals surface area contributed by atoms with E-state index in [4.69, 9.17) is 0 Å². The van der Waals surface area contributed by atoms with Crippen LogP contribution in [-0.4, -0.2) is 45.5 Å². The number of nitrogens with zero attached hydrogens (tertiary/aromatic N) is 1. The fourth-order valence-corrected chi connectivity index (χ4v) is 5.10. The minimum absolute atomic E-state index is 0.0528. The molecule has 0 amide bonds. The van der Waals surface area contributed by atoms with Crippen molar-refractivity contribution in [2.75, 3.05) is 20.1 Å². The standard InChI is InChI=1S/C14H25N3O2S2/c1-11(2)15-10-13-14(6-9-20-13)21(18,19)16-12-4-7-17(3)8-5-12/h6,9,11-12,15-16H,4-5,7-8,10H2,1-3H3. The van der Waals surface area contributed by atoms with Gasteiger partial charge in [0.15, 0.2) is 0 Å². The van der Waals surface area contributed by atoms with Gasteiger partial charge in [0.25, 0.3) is 0 Å². The van der Waals surface area contributed by atoms with Crippen LogP contribution in [0.15, 0.2) is 16.3 Å². The van der Waals surface area contributed by atoms with Gasteiger partial charge in [-0.1, -0.05) is 13.8 Å². The molecule has 7 heteroatoms. The van der Waals surface area contributed by atoms with Crippen LogP contribution in [0.25, 0.3) is 0 Å². The van der Waals surface area contributed by atoms with Crippen molar-refractivity contribution >= 4 is 21.4 Å². The molecule has 0 aromatic carbocycles. The molecule has 0 aliphatic carbocycles. The van der Waals surface area contributed by atoms with E-state index in [1.807, 2.05) is 5.38 Å². The number of rotatable bonds is 6. The number of piperidine rings is 1. The second-order valence-electron chi connectivity index (χ2n) is 5.94. The summed E-state index contributed by atoms with van der Waals surface area (Å²) in [5, 5.41) is 5.13. The molecule has 1 aromatic heterocycles. The normalized spacial score (nSPS) is 18.5. The summed E-state index contributed by atoms with van der Waals surface area (Å²) in [6.45, 7) is 6.59. The molecule has 1 saturated heterocycles. The van der Waals surface area contributed by atoms with E-state index >= 15 is 0 Å². The third-order valence-electron chi connectivity index (χ3n) is 3.71. The van der Waals surface area contributed by atoms with E-state index in [0.717, 1.165) is 30.8 Å². The first kappa shape index (κ1) is 16.9. The smallest absolute Gasteiger partial charge is 0.241 e. The van der Waals surface area contributed by atoms with Crippen LogP contribution in [0.1, 0.15) is 31.6 Å². The molecule has 1 aromatic rings. The molecule has 0 atom stereocenters. The molecule has 1 fully saturated rings. The van der Waals surface area contributed by atoms with Crippen LogP contribution in [0.3, 0.4) is 0 Å². The number of sulfonamides is 1. The fraction of sp³-hybridized carbons (Fsp3) is 0.714. The lowest BCUT2D eigenvalue weighted by atomic mass is 10.1. The molecule has 21 heavy (non-hydrogen) atoms. The quantitative estimate of drug-likeness (QED) is 0.831. The Morgan fingerprint density at radius 3 is 2.67 bits per heavy atom. The molecule has 2 rings (SSSR count). The topological polar surface area (TPSA) is 61.4 Å². The summed E-state index contributed by atoms with van der Waals surface area (Å²) in [7, 11) is -1.34. The first-order chi connectivity index (χ1) is 9.88. The summed E-state index contributed by atoms with van der Waals surface area (Å²) < 4.78 is 28.0. The van der Waals surface area contributed by atoms with Gasteiger partial charge in [-0.15, -0.1) is 11.3 Å². The summed E-state index contributed by atoms with van der Waals surface area (Å²) >= 11 is 1.49. The largest absolute Gasteiger partial charge is 0.310 e. The fourth-order valence-electron chi connectivity index (χ4n) is 2.40. The van der Waals surface area contributed by atoms with E-state index in [1.54, 1.807) is 6.07 Å². The van der Waals surface area contributed by atoms with Gasteiger partial charge in [-0.2, -0.15) is 0 Å². The summed E-state index contributed by atoms with van der Waals surface area (Å²) in [5.41, 5.74) is 0. The van der Waals surface area contributed by atoms with Gasteiger partial charge in [0.1, 0.15) is 0 Å². The summed E-state index contributed by atoms with van der Waals surface area (Å²) in [4.78, 5) is 3.54. The molecule has 0 spiro atoms. The van der Waals surface area contributed by atoms with E-state index < -0.39 is 10.0 Å². The van der Waals surface area contributed by atoms with Crippen LogP contribution < -0.4 is 10.0 Å². The molecule has 1 aliphatic rings. The Kier molecular flexibility index (Phi) is 5.79. The predicted octanol–water partition coefficient (Wildman–Crippen LogP) is 1.62. The second-order valence-corrected chi connectivity index (χ2v) is 8.63. The van der Waals surface area contributed by atoms with Gasteiger partial charge < -0.3 is 10.2 Å². The minimum atomic E-state index is -3.41. The van der Waals surface area contributed by atoms with Crippen molar-refractivity contribution < 1.29 is 8.42 Å². The third kappa shape index (κ3) is 4.75. The Morgan fingerprint density at radius 2 is 2.05 bits per heavy atom. The van der Waals surface area contributed by atoms with Crippen LogP contribution in [0, 0.1) is 0 Å². The molecule has 0 radical (unpaired) electrons. The van der Waals surface area contributed by atoms with Gasteiger partial charge in [-0.25, -0.2) is 13.1 Å². The number of likely N-dealkylation sites (tertiary alicyclic amines) is 1. The molecule has 0 saturated carbocycles. The number of thiophene rings is 1. The summed E-state index contributed by atoms with van der Waals surface area (Å²) in [6, 6.07) is 2.10. The Morgan fingerprint density at radius 1 is 1.38 bits per heavy atom. The van der Waals surface area contributed by atoms with Crippen molar-refractivity contribution in [3.05, 3.63) is 16.3 Å². The molecular formula is C14H25N3O2S2. The zero-order chi connectivity index (χ0) is 15.5. The lowest BCUT2D eigenvalue weighted by Gasteiger charge is -2.29. The van der Waals surface area contributed by atoms with Crippen molar-refractivity contribution in [1.29, 1.82) is 0 Å². The Balaban J connectivity index is 2.04. The highest BCUT2D eigenvalue weighted by Gasteiger charge is 2.25. The van der Waals surface area contributed by atoms with Gasteiger partial charge in [0.05, 0.1) is 4.90 Å². The number of nitrogens with one attached hydrogen (secondary N) is 2. The van der Waals surface area contributed by atoms with Gasteiger partial charge in [-0.3, -0.25) is 0 Å². The monoisotopic (exact) mass is 331 g/mol. The average molecular weight is 332 g/mol. The number of hydrogen-bond donors (Lipinski definition) is 2. The Hall–Kier alpha value is -0.470. The van der Waals surface area contributed by atoms with E-state index in [-0.39, 0.29) is 6.04 Å². The van der Waals surface area contributed by atoms with Crippen LogP contribution in [0.4, 0.5) is 0 Å². The maximum Gasteiger partial charge on any atom is 0.241 e. The van der Waals surface area contributed by atoms with E-state index in [2.05, 4.69) is 35.8 Å². The zero-order valence-corrected chi connectivity index (χ0v) is 14.6. The van der Waals surface area contributed by atoms with E-state index in [9.17, 15) is 8.42 Å². The van der Waals surface area contributed by atoms with Gasteiger partial charge >= 0.3 is 0 Å². The van der Waals surface area contributed by atoms with Crippen LogP contribution in [0.5, 0.6) is 0 Å². The van der Waals surface area contributed by atoms with Crippen LogP contribution in [-0.2, 0) is 16.6 Å². The molecular weight excluding hydrogens is 306 g/mol. The summed E-state index contributed by atoms with van der Waals surface area (Å²) in [6.07, 6.45) is 1.75. The zero-order valence-electron chi connectivity index (χ0n) is 12.9. The van der Waals surface area contributed by atoms with Crippen molar-refractivity contribution in [3.63, 3.8) is 0 Å². The van der Waals surface area contributed by atoms with Crippen molar-refractivity contribution in [2.24, 2.45) is 0 Å². The lowest BCUT2D eigenvalue weighted by Crippen LogP contribution is -2.43. The van der Waals surface area contributed by atoms with Gasteiger partial charge in [-0.05, 0) is 44.4 Å². The molecule has 0 bridgehead atoms. The van der Waals surface area contributed by atoms with Gasteiger partial charge in [0.2, 0.25) is 10.0 Å². The van der Waals surface area contributed by atoms with Crippen molar-refractivity contribution in [2.45, 2.75) is 50.2 Å². The Labute approximate surface area is 131 Å². The average Bonchev–Trinajstić information content (AvgIpc) is 2.88. The molecule has 2 N–H and O–H groups in total. The van der Waals surface area contributed by atoms with Crippen LogP contribution >= 0.6 is 11.3 Å². The van der Waals surface area contributed by atoms with Crippen LogP contribution in [0.2, 0.25) is 0 Å². The minimum Gasteiger partial charge on any atom is -0.310 e. The molecule has 1 aliphatic heterocycles. The lowest BCUT2D eigenvalue weighted by molar-refractivity contribution is 0.248. The first-order valence-corrected chi connectivity index (χ1v) is 9.75. The SMILES string of the molecule is CC(C)NCc1sccc1S(=O)(=O)NC1CCN(C)CC1. The maximum atomic E-state index is 12.6. The number of hydrogen-bond acceptors (Lipinski definition) is 5. The van der Waals surface area contributed by atoms with Crippen molar-refractivity contribution in [3.8, 4) is 0 Å². The third-order valence-corrected chi connectivity index (χ3v) is 6.36.